The maximum atomic E-state index is 14.1. The zero-order chi connectivity index (χ0) is 18.3. The van der Waals surface area contributed by atoms with E-state index in [0.717, 1.165) is 37.2 Å². The molecule has 0 bridgehead atoms. The van der Waals surface area contributed by atoms with Crippen LogP contribution in [0.3, 0.4) is 0 Å². The van der Waals surface area contributed by atoms with Gasteiger partial charge < -0.3 is 10.2 Å². The van der Waals surface area contributed by atoms with Crippen molar-refractivity contribution in [1.29, 1.82) is 0 Å². The van der Waals surface area contributed by atoms with E-state index in [9.17, 15) is 9.18 Å². The lowest BCUT2D eigenvalue weighted by Crippen LogP contribution is -2.51. The van der Waals surface area contributed by atoms with Gasteiger partial charge in [0.1, 0.15) is 5.82 Å². The molecule has 0 saturated carbocycles. The third-order valence-corrected chi connectivity index (χ3v) is 6.81. The quantitative estimate of drug-likeness (QED) is 0.766. The van der Waals surface area contributed by atoms with E-state index in [1.54, 1.807) is 24.3 Å². The molecule has 3 heterocycles. The summed E-state index contributed by atoms with van der Waals surface area (Å²) in [7, 11) is 0. The van der Waals surface area contributed by atoms with E-state index in [1.807, 2.05) is 11.0 Å². The molecule has 1 aromatic carbocycles. The van der Waals surface area contributed by atoms with Crippen LogP contribution in [0.4, 0.5) is 10.1 Å². The predicted octanol–water partition coefficient (Wildman–Crippen LogP) is 4.77. The fourth-order valence-electron chi connectivity index (χ4n) is 4.47. The Bertz CT molecular complexity index is 859. The Morgan fingerprint density at radius 1 is 1.38 bits per heavy atom. The van der Waals surface area contributed by atoms with Crippen molar-refractivity contribution in [2.45, 2.75) is 30.7 Å². The molecule has 1 amide bonds. The van der Waals surface area contributed by atoms with Crippen LogP contribution in [-0.4, -0.2) is 25.0 Å². The van der Waals surface area contributed by atoms with Crippen LogP contribution in [0.2, 0.25) is 4.34 Å². The lowest BCUT2D eigenvalue weighted by molar-refractivity contribution is 0.0968. The molecule has 3 nitrogen and oxygen atoms in total. The highest BCUT2D eigenvalue weighted by Gasteiger charge is 2.52. The Labute approximate surface area is 161 Å². The lowest BCUT2D eigenvalue weighted by Gasteiger charge is -2.41. The van der Waals surface area contributed by atoms with Crippen molar-refractivity contribution < 1.29 is 9.18 Å². The molecule has 1 spiro atoms. The van der Waals surface area contributed by atoms with Crippen LogP contribution in [0.1, 0.15) is 34.5 Å². The molecule has 26 heavy (non-hydrogen) atoms. The van der Waals surface area contributed by atoms with E-state index in [0.29, 0.717) is 15.6 Å². The maximum absolute atomic E-state index is 14.1. The second kappa shape index (κ2) is 6.80. The van der Waals surface area contributed by atoms with Gasteiger partial charge in [0.25, 0.3) is 5.91 Å². The first-order valence-corrected chi connectivity index (χ1v) is 9.97. The molecule has 2 aliphatic heterocycles. The van der Waals surface area contributed by atoms with E-state index in [-0.39, 0.29) is 23.2 Å². The number of benzene rings is 1. The summed E-state index contributed by atoms with van der Waals surface area (Å²) in [5.41, 5.74) is 1.52. The van der Waals surface area contributed by atoms with Gasteiger partial charge in [-0.3, -0.25) is 4.79 Å². The molecule has 0 radical (unpaired) electrons. The van der Waals surface area contributed by atoms with Crippen LogP contribution in [-0.2, 0) is 5.41 Å². The fourth-order valence-corrected chi connectivity index (χ4v) is 5.46. The summed E-state index contributed by atoms with van der Waals surface area (Å²) >= 11 is 7.32. The highest BCUT2D eigenvalue weighted by molar-refractivity contribution is 7.18. The molecule has 1 N–H and O–H groups in total. The number of piperidine rings is 1. The van der Waals surface area contributed by atoms with E-state index < -0.39 is 0 Å². The molecule has 1 fully saturated rings. The first kappa shape index (κ1) is 17.7. The van der Waals surface area contributed by atoms with E-state index in [4.69, 9.17) is 11.6 Å². The molecule has 0 unspecified atom stereocenters. The minimum atomic E-state index is -0.257. The zero-order valence-corrected chi connectivity index (χ0v) is 15.9. The van der Waals surface area contributed by atoms with Crippen molar-refractivity contribution in [3.8, 4) is 0 Å². The van der Waals surface area contributed by atoms with Crippen LogP contribution in [0, 0.1) is 5.82 Å². The minimum Gasteiger partial charge on any atom is -0.317 e. The van der Waals surface area contributed by atoms with Gasteiger partial charge in [0, 0.05) is 11.1 Å². The smallest absolute Gasteiger partial charge is 0.268 e. The van der Waals surface area contributed by atoms with Crippen molar-refractivity contribution in [2.75, 3.05) is 18.0 Å². The summed E-state index contributed by atoms with van der Waals surface area (Å²) in [6, 6.07) is 8.23. The number of fused-ring (bicyclic) bond motifs is 2. The standard InChI is InChI=1S/C20H20ClFN2OS/c1-2-3-17-20(8-10-23-11-9-20)14-12-13(22)4-5-15(14)24(17)19(25)16-6-7-18(21)26-16/h2,4-7,12,17,23H,1,3,8-11H2/t17-/m1/s1. The summed E-state index contributed by atoms with van der Waals surface area (Å²) < 4.78 is 14.7. The summed E-state index contributed by atoms with van der Waals surface area (Å²) in [5.74, 6) is -0.329. The number of hydrogen-bond donors (Lipinski definition) is 1. The molecule has 0 aliphatic carbocycles. The second-order valence-electron chi connectivity index (χ2n) is 6.89. The Morgan fingerprint density at radius 3 is 2.81 bits per heavy atom. The molecule has 4 rings (SSSR count). The van der Waals surface area contributed by atoms with Gasteiger partial charge in [0.2, 0.25) is 0 Å². The van der Waals surface area contributed by atoms with Crippen LogP contribution in [0.15, 0.2) is 43.0 Å². The number of nitrogens with zero attached hydrogens (tertiary/aromatic N) is 1. The highest BCUT2D eigenvalue weighted by Crippen LogP contribution is 2.52. The van der Waals surface area contributed by atoms with Gasteiger partial charge in [-0.25, -0.2) is 4.39 Å². The SMILES string of the molecule is C=CC[C@H]1N(C(=O)c2ccc(Cl)s2)c2ccc(F)cc2C12CCNCC2. The van der Waals surface area contributed by atoms with Crippen LogP contribution in [0.25, 0.3) is 0 Å². The normalized spacial score (nSPS) is 21.0. The molecule has 2 aliphatic rings. The van der Waals surface area contributed by atoms with E-state index in [1.165, 1.54) is 17.4 Å². The molecule has 1 aromatic heterocycles. The van der Waals surface area contributed by atoms with Crippen LogP contribution in [0.5, 0.6) is 0 Å². The van der Waals surface area contributed by atoms with Gasteiger partial charge in [0.05, 0.1) is 15.3 Å². The average Bonchev–Trinajstić information content (AvgIpc) is 3.17. The maximum Gasteiger partial charge on any atom is 0.268 e. The van der Waals surface area contributed by atoms with Gasteiger partial charge in [-0.15, -0.1) is 17.9 Å². The number of thiophene rings is 1. The number of amides is 1. The summed E-state index contributed by atoms with van der Waals surface area (Å²) in [6.45, 7) is 5.62. The van der Waals surface area contributed by atoms with Gasteiger partial charge >= 0.3 is 0 Å². The molecular weight excluding hydrogens is 371 g/mol. The Hall–Kier alpha value is -1.69. The summed E-state index contributed by atoms with van der Waals surface area (Å²) in [6.07, 6.45) is 4.27. The summed E-state index contributed by atoms with van der Waals surface area (Å²) in [5, 5.41) is 3.38. The van der Waals surface area contributed by atoms with Crippen LogP contribution < -0.4 is 10.2 Å². The first-order chi connectivity index (χ1) is 12.6. The Balaban J connectivity index is 1.87. The molecule has 6 heteroatoms. The number of anilines is 1. The molecule has 1 saturated heterocycles. The van der Waals surface area contributed by atoms with Crippen molar-refractivity contribution in [1.82, 2.24) is 5.32 Å². The number of carbonyl (C=O) groups excluding carboxylic acids is 1. The van der Waals surface area contributed by atoms with E-state index >= 15 is 0 Å². The zero-order valence-electron chi connectivity index (χ0n) is 14.3. The number of halogens is 2. The fraction of sp³-hybridized carbons (Fsp3) is 0.350. The monoisotopic (exact) mass is 390 g/mol. The lowest BCUT2D eigenvalue weighted by atomic mass is 9.69. The average molecular weight is 391 g/mol. The molecule has 1 atom stereocenters. The van der Waals surface area contributed by atoms with E-state index in [2.05, 4.69) is 11.9 Å². The van der Waals surface area contributed by atoms with Gasteiger partial charge in [-0.05, 0) is 68.2 Å². The molecule has 136 valence electrons. The van der Waals surface area contributed by atoms with Crippen molar-refractivity contribution in [3.63, 3.8) is 0 Å². The van der Waals surface area contributed by atoms with Gasteiger partial charge in [-0.1, -0.05) is 17.7 Å². The predicted molar refractivity (Wildman–Crippen MR) is 105 cm³/mol. The largest absolute Gasteiger partial charge is 0.317 e. The third-order valence-electron chi connectivity index (χ3n) is 5.59. The van der Waals surface area contributed by atoms with Crippen LogP contribution >= 0.6 is 22.9 Å². The highest BCUT2D eigenvalue weighted by atomic mass is 35.5. The first-order valence-electron chi connectivity index (χ1n) is 8.77. The number of nitrogens with one attached hydrogen (secondary N) is 1. The minimum absolute atomic E-state index is 0.0627. The summed E-state index contributed by atoms with van der Waals surface area (Å²) in [4.78, 5) is 15.8. The molecule has 2 aromatic rings. The third kappa shape index (κ3) is 2.70. The number of carbonyl (C=O) groups is 1. The Morgan fingerprint density at radius 2 is 2.15 bits per heavy atom. The second-order valence-corrected chi connectivity index (χ2v) is 8.60. The number of hydrogen-bond acceptors (Lipinski definition) is 3. The Kier molecular flexibility index (Phi) is 4.63. The van der Waals surface area contributed by atoms with Gasteiger partial charge in [-0.2, -0.15) is 0 Å². The molecular formula is C20H20ClFN2OS. The van der Waals surface area contributed by atoms with Crippen molar-refractivity contribution in [3.05, 3.63) is 63.6 Å². The topological polar surface area (TPSA) is 32.3 Å². The van der Waals surface area contributed by atoms with Gasteiger partial charge in [0.15, 0.2) is 0 Å². The van der Waals surface area contributed by atoms with Crippen molar-refractivity contribution in [2.24, 2.45) is 0 Å². The van der Waals surface area contributed by atoms with Crippen molar-refractivity contribution >= 4 is 34.5 Å². The number of rotatable bonds is 3.